The summed E-state index contributed by atoms with van der Waals surface area (Å²) in [6.45, 7) is 4.30. The van der Waals surface area contributed by atoms with Crippen LogP contribution in [0.15, 0.2) is 54.6 Å². The van der Waals surface area contributed by atoms with Crippen molar-refractivity contribution in [2.75, 3.05) is 33.7 Å². The van der Waals surface area contributed by atoms with Crippen molar-refractivity contribution >= 4 is 16.7 Å². The first-order chi connectivity index (χ1) is 15.3. The number of hydrogen-bond acceptors (Lipinski definition) is 3. The Bertz CT molecular complexity index is 1190. The van der Waals surface area contributed by atoms with E-state index in [1.807, 2.05) is 50.4 Å². The van der Waals surface area contributed by atoms with E-state index in [4.69, 9.17) is 0 Å². The first kappa shape index (κ1) is 22.0. The SMILES string of the molecule is Cc1c(C#N)cc(C(=O)N(C)CC2(c3ccc(F)cc3)CCN(C)CC2)c2ccccc12. The minimum absolute atomic E-state index is 0.0990. The summed E-state index contributed by atoms with van der Waals surface area (Å²) in [5, 5.41) is 11.4. The minimum atomic E-state index is -0.253. The highest BCUT2D eigenvalue weighted by Crippen LogP contribution is 2.37. The Morgan fingerprint density at radius 2 is 1.75 bits per heavy atom. The van der Waals surface area contributed by atoms with E-state index in [-0.39, 0.29) is 17.1 Å². The number of aryl methyl sites for hydroxylation is 1. The molecule has 3 aromatic rings. The number of benzene rings is 3. The zero-order valence-electron chi connectivity index (χ0n) is 18.9. The fourth-order valence-corrected chi connectivity index (χ4v) is 4.93. The summed E-state index contributed by atoms with van der Waals surface area (Å²) in [7, 11) is 3.93. The molecule has 1 heterocycles. The first-order valence-corrected chi connectivity index (χ1v) is 11.0. The van der Waals surface area contributed by atoms with Crippen LogP contribution in [0.3, 0.4) is 0 Å². The number of fused-ring (bicyclic) bond motifs is 1. The maximum absolute atomic E-state index is 13.6. The van der Waals surface area contributed by atoms with E-state index in [1.165, 1.54) is 12.1 Å². The summed E-state index contributed by atoms with van der Waals surface area (Å²) < 4.78 is 13.6. The van der Waals surface area contributed by atoms with Crippen molar-refractivity contribution in [3.63, 3.8) is 0 Å². The quantitative estimate of drug-likeness (QED) is 0.593. The van der Waals surface area contributed by atoms with E-state index in [9.17, 15) is 14.4 Å². The lowest BCUT2D eigenvalue weighted by atomic mass is 9.72. The lowest BCUT2D eigenvalue weighted by Crippen LogP contribution is -2.48. The number of hydrogen-bond donors (Lipinski definition) is 0. The van der Waals surface area contributed by atoms with Gasteiger partial charge in [-0.25, -0.2) is 4.39 Å². The van der Waals surface area contributed by atoms with E-state index < -0.39 is 0 Å². The van der Waals surface area contributed by atoms with E-state index in [1.54, 1.807) is 11.0 Å². The van der Waals surface area contributed by atoms with Crippen LogP contribution in [0.5, 0.6) is 0 Å². The van der Waals surface area contributed by atoms with Crippen molar-refractivity contribution in [2.24, 2.45) is 0 Å². The third-order valence-electron chi connectivity index (χ3n) is 6.95. The van der Waals surface area contributed by atoms with Crippen molar-refractivity contribution < 1.29 is 9.18 Å². The molecule has 0 aromatic heterocycles. The van der Waals surface area contributed by atoms with Gasteiger partial charge in [-0.2, -0.15) is 5.26 Å². The summed E-state index contributed by atoms with van der Waals surface area (Å²) in [5.74, 6) is -0.352. The fraction of sp³-hybridized carbons (Fsp3) is 0.333. The number of likely N-dealkylation sites (N-methyl/N-ethyl adjacent to an activating group) is 1. The zero-order chi connectivity index (χ0) is 22.9. The van der Waals surface area contributed by atoms with E-state index in [2.05, 4.69) is 18.0 Å². The second-order valence-electron chi connectivity index (χ2n) is 9.01. The van der Waals surface area contributed by atoms with E-state index >= 15 is 0 Å². The van der Waals surface area contributed by atoms with Gasteiger partial charge in [0, 0.05) is 24.6 Å². The second-order valence-corrected chi connectivity index (χ2v) is 9.01. The van der Waals surface area contributed by atoms with Crippen molar-refractivity contribution in [1.29, 1.82) is 5.26 Å². The predicted molar refractivity (Wildman–Crippen MR) is 125 cm³/mol. The van der Waals surface area contributed by atoms with Crippen LogP contribution in [-0.2, 0) is 5.41 Å². The smallest absolute Gasteiger partial charge is 0.254 e. The number of likely N-dealkylation sites (tertiary alicyclic amines) is 1. The predicted octanol–water partition coefficient (Wildman–Crippen LogP) is 4.89. The molecule has 5 heteroatoms. The molecule has 1 fully saturated rings. The number of piperidine rings is 1. The maximum Gasteiger partial charge on any atom is 0.254 e. The molecule has 0 N–H and O–H groups in total. The van der Waals surface area contributed by atoms with Gasteiger partial charge in [0.1, 0.15) is 5.82 Å². The van der Waals surface area contributed by atoms with Gasteiger partial charge < -0.3 is 9.80 Å². The summed E-state index contributed by atoms with van der Waals surface area (Å²) in [6, 6.07) is 18.4. The van der Waals surface area contributed by atoms with Crippen molar-refractivity contribution in [1.82, 2.24) is 9.80 Å². The van der Waals surface area contributed by atoms with Gasteiger partial charge in [-0.1, -0.05) is 36.4 Å². The number of amides is 1. The Kier molecular flexibility index (Phi) is 5.99. The molecule has 0 atom stereocenters. The molecular weight excluding hydrogens is 401 g/mol. The van der Waals surface area contributed by atoms with Gasteiger partial charge >= 0.3 is 0 Å². The van der Waals surface area contributed by atoms with Gasteiger partial charge in [0.2, 0.25) is 0 Å². The van der Waals surface area contributed by atoms with Gasteiger partial charge in [0.05, 0.1) is 11.6 Å². The number of nitrogens with zero attached hydrogens (tertiary/aromatic N) is 3. The van der Waals surface area contributed by atoms with Gasteiger partial charge in [-0.15, -0.1) is 0 Å². The fourth-order valence-electron chi connectivity index (χ4n) is 4.93. The molecule has 0 unspecified atom stereocenters. The molecule has 164 valence electrons. The van der Waals surface area contributed by atoms with Gasteiger partial charge in [0.25, 0.3) is 5.91 Å². The first-order valence-electron chi connectivity index (χ1n) is 11.0. The van der Waals surface area contributed by atoms with Crippen molar-refractivity contribution in [3.8, 4) is 6.07 Å². The Labute approximate surface area is 188 Å². The Hall–Kier alpha value is -3.23. The number of halogens is 1. The zero-order valence-corrected chi connectivity index (χ0v) is 18.9. The maximum atomic E-state index is 13.6. The molecule has 1 amide bonds. The van der Waals surface area contributed by atoms with Gasteiger partial charge in [-0.05, 0) is 80.0 Å². The van der Waals surface area contributed by atoms with Crippen LogP contribution in [-0.4, -0.2) is 49.4 Å². The van der Waals surface area contributed by atoms with Crippen LogP contribution in [0, 0.1) is 24.1 Å². The number of carbonyl (C=O) groups excluding carboxylic acids is 1. The largest absolute Gasteiger partial charge is 0.341 e. The molecule has 0 radical (unpaired) electrons. The average molecular weight is 430 g/mol. The monoisotopic (exact) mass is 429 g/mol. The van der Waals surface area contributed by atoms with Crippen LogP contribution >= 0.6 is 0 Å². The molecular formula is C27H28FN3O. The normalized spacial score (nSPS) is 16.0. The lowest BCUT2D eigenvalue weighted by molar-refractivity contribution is 0.0714. The number of carbonyl (C=O) groups is 1. The highest BCUT2D eigenvalue weighted by atomic mass is 19.1. The van der Waals surface area contributed by atoms with Crippen LogP contribution in [0.1, 0.15) is 39.9 Å². The summed E-state index contributed by atoms with van der Waals surface area (Å²) >= 11 is 0. The standard InChI is InChI=1S/C27H28FN3O/c1-19-20(17-29)16-25(24-7-5-4-6-23(19)24)26(32)31(3)18-27(12-14-30(2)15-13-27)21-8-10-22(28)11-9-21/h4-11,16H,12-15,18H2,1-3H3. The minimum Gasteiger partial charge on any atom is -0.341 e. The van der Waals surface area contributed by atoms with Crippen LogP contribution < -0.4 is 0 Å². The van der Waals surface area contributed by atoms with E-state index in [0.717, 1.165) is 47.8 Å². The molecule has 1 saturated heterocycles. The third-order valence-corrected chi connectivity index (χ3v) is 6.95. The van der Waals surface area contributed by atoms with Gasteiger partial charge in [0.15, 0.2) is 0 Å². The van der Waals surface area contributed by atoms with Gasteiger partial charge in [-0.3, -0.25) is 4.79 Å². The van der Waals surface area contributed by atoms with Crippen LogP contribution in [0.2, 0.25) is 0 Å². The number of nitriles is 1. The second kappa shape index (κ2) is 8.72. The van der Waals surface area contributed by atoms with Crippen molar-refractivity contribution in [3.05, 3.63) is 82.7 Å². The average Bonchev–Trinajstić information content (AvgIpc) is 2.81. The molecule has 3 aromatic carbocycles. The van der Waals surface area contributed by atoms with Crippen LogP contribution in [0.25, 0.3) is 10.8 Å². The van der Waals surface area contributed by atoms with Crippen LogP contribution in [0.4, 0.5) is 4.39 Å². The highest BCUT2D eigenvalue weighted by molar-refractivity contribution is 6.08. The molecule has 0 spiro atoms. The molecule has 0 bridgehead atoms. The molecule has 0 saturated carbocycles. The lowest BCUT2D eigenvalue weighted by Gasteiger charge is -2.43. The molecule has 1 aliphatic heterocycles. The third kappa shape index (κ3) is 3.99. The molecule has 1 aliphatic rings. The number of rotatable bonds is 4. The molecule has 0 aliphatic carbocycles. The molecule has 32 heavy (non-hydrogen) atoms. The summed E-state index contributed by atoms with van der Waals surface area (Å²) in [4.78, 5) is 17.7. The Balaban J connectivity index is 1.71. The van der Waals surface area contributed by atoms with Crippen molar-refractivity contribution in [2.45, 2.75) is 25.2 Å². The molecule has 4 nitrogen and oxygen atoms in total. The Morgan fingerprint density at radius 3 is 2.38 bits per heavy atom. The van der Waals surface area contributed by atoms with E-state index in [0.29, 0.717) is 17.7 Å². The molecule has 4 rings (SSSR count). The summed E-state index contributed by atoms with van der Waals surface area (Å²) in [6.07, 6.45) is 1.79. The topological polar surface area (TPSA) is 47.3 Å². The highest BCUT2D eigenvalue weighted by Gasteiger charge is 2.37. The summed E-state index contributed by atoms with van der Waals surface area (Å²) in [5.41, 5.74) is 2.79. The Morgan fingerprint density at radius 1 is 1.12 bits per heavy atom.